The maximum absolute atomic E-state index is 13.5. The highest BCUT2D eigenvalue weighted by Crippen LogP contribution is 2.34. The van der Waals surface area contributed by atoms with Gasteiger partial charge in [-0.1, -0.05) is 31.5 Å². The zero-order valence-corrected chi connectivity index (χ0v) is 21.2. The Morgan fingerprint density at radius 1 is 1.22 bits per heavy atom. The molecule has 0 spiro atoms. The van der Waals surface area contributed by atoms with E-state index in [2.05, 4.69) is 24.4 Å². The first-order valence-electron chi connectivity index (χ1n) is 11.4. The van der Waals surface area contributed by atoms with Gasteiger partial charge in [0.2, 0.25) is 11.8 Å². The molecule has 2 heterocycles. The average Bonchev–Trinajstić information content (AvgIpc) is 3.18. The van der Waals surface area contributed by atoms with Gasteiger partial charge in [-0.3, -0.25) is 9.59 Å². The number of carbonyl (C=O) groups is 2. The molecule has 3 rings (SSSR count). The van der Waals surface area contributed by atoms with Crippen molar-refractivity contribution in [2.75, 3.05) is 19.7 Å². The molecule has 0 bridgehead atoms. The van der Waals surface area contributed by atoms with Crippen LogP contribution in [0.1, 0.15) is 62.2 Å². The zero-order chi connectivity index (χ0) is 23.6. The fourth-order valence-electron chi connectivity index (χ4n) is 4.19. The summed E-state index contributed by atoms with van der Waals surface area (Å²) in [4.78, 5) is 31.3. The zero-order valence-electron chi connectivity index (χ0n) is 20.4. The van der Waals surface area contributed by atoms with Crippen LogP contribution in [0.5, 0.6) is 5.75 Å². The first kappa shape index (κ1) is 24.3. The van der Waals surface area contributed by atoms with Crippen molar-refractivity contribution in [1.82, 2.24) is 9.80 Å². The third-order valence-electron chi connectivity index (χ3n) is 6.01. The summed E-state index contributed by atoms with van der Waals surface area (Å²) < 4.78 is 6.23. The summed E-state index contributed by atoms with van der Waals surface area (Å²) in [5, 5.41) is 2.09. The molecule has 0 unspecified atom stereocenters. The lowest BCUT2D eigenvalue weighted by Crippen LogP contribution is -2.54. The molecular weight excluding hydrogens is 420 g/mol. The summed E-state index contributed by atoms with van der Waals surface area (Å²) in [7, 11) is 0. The lowest BCUT2D eigenvalue weighted by Gasteiger charge is -2.40. The second-order valence-corrected chi connectivity index (χ2v) is 11.0. The van der Waals surface area contributed by atoms with Crippen LogP contribution in [0.4, 0.5) is 0 Å². The quantitative estimate of drug-likeness (QED) is 0.604. The molecule has 1 atom stereocenters. The Morgan fingerprint density at radius 2 is 1.94 bits per heavy atom. The minimum absolute atomic E-state index is 0.00200. The second-order valence-electron chi connectivity index (χ2n) is 9.98. The molecule has 0 saturated heterocycles. The lowest BCUT2D eigenvalue weighted by atomic mass is 9.99. The third kappa shape index (κ3) is 5.34. The van der Waals surface area contributed by atoms with Crippen molar-refractivity contribution in [1.29, 1.82) is 0 Å². The Balaban J connectivity index is 1.83. The van der Waals surface area contributed by atoms with Crippen molar-refractivity contribution >= 4 is 23.2 Å². The van der Waals surface area contributed by atoms with Crippen LogP contribution >= 0.6 is 11.3 Å². The summed E-state index contributed by atoms with van der Waals surface area (Å²) in [6, 6.07) is 8.09. The Hall–Kier alpha value is -2.34. The van der Waals surface area contributed by atoms with Gasteiger partial charge in [-0.2, -0.15) is 0 Å². The molecule has 5 nitrogen and oxygen atoms in total. The highest BCUT2D eigenvalue weighted by atomic mass is 32.1. The molecule has 1 aliphatic heterocycles. The van der Waals surface area contributed by atoms with Crippen molar-refractivity contribution in [3.63, 3.8) is 0 Å². The van der Waals surface area contributed by atoms with Crippen LogP contribution in [-0.2, 0) is 16.0 Å². The van der Waals surface area contributed by atoms with E-state index in [0.29, 0.717) is 13.2 Å². The number of thiophene rings is 1. The van der Waals surface area contributed by atoms with Crippen LogP contribution < -0.4 is 4.74 Å². The predicted molar refractivity (Wildman–Crippen MR) is 130 cm³/mol. The number of benzene rings is 1. The first-order chi connectivity index (χ1) is 15.0. The van der Waals surface area contributed by atoms with E-state index in [1.807, 2.05) is 58.6 Å². The molecule has 1 aromatic heterocycles. The number of hydrogen-bond donors (Lipinski definition) is 0. The molecule has 174 valence electrons. The molecule has 0 fully saturated rings. The van der Waals surface area contributed by atoms with Crippen molar-refractivity contribution in [2.24, 2.45) is 5.92 Å². The Kier molecular flexibility index (Phi) is 7.33. The molecule has 0 radical (unpaired) electrons. The van der Waals surface area contributed by atoms with Gasteiger partial charge in [-0.15, -0.1) is 11.3 Å². The smallest absolute Gasteiger partial charge is 0.242 e. The Labute approximate surface area is 196 Å². The topological polar surface area (TPSA) is 49.9 Å². The molecule has 0 aliphatic carbocycles. The number of carbonyl (C=O) groups excluding carboxylic acids is 2. The number of nitrogens with zero attached hydrogens (tertiary/aromatic N) is 2. The second kappa shape index (κ2) is 9.65. The minimum Gasteiger partial charge on any atom is -0.491 e. The summed E-state index contributed by atoms with van der Waals surface area (Å²) in [6.45, 7) is 14.9. The van der Waals surface area contributed by atoms with Crippen molar-refractivity contribution in [3.8, 4) is 5.75 Å². The number of fused-ring (bicyclic) bond motifs is 1. The molecule has 0 N–H and O–H groups in total. The van der Waals surface area contributed by atoms with Gasteiger partial charge in [0, 0.05) is 22.9 Å². The minimum atomic E-state index is -0.425. The van der Waals surface area contributed by atoms with Gasteiger partial charge in [0.15, 0.2) is 0 Å². The molecule has 6 heteroatoms. The molecule has 1 aromatic carbocycles. The van der Waals surface area contributed by atoms with Crippen LogP contribution in [0.3, 0.4) is 0 Å². The van der Waals surface area contributed by atoms with Gasteiger partial charge in [-0.25, -0.2) is 0 Å². The van der Waals surface area contributed by atoms with Crippen LogP contribution in [0.15, 0.2) is 29.6 Å². The molecule has 32 heavy (non-hydrogen) atoms. The molecular formula is C26H36N2O3S. The standard InChI is InChI=1S/C26H36N2O3S/c1-17(2)25(30)28(26(5,6)7)15-24(29)27-12-10-23-20(11-13-32-23)21(27)16-31-22-9-8-18(3)14-19(22)4/h8-9,11,13-14,17,21H,10,12,15-16H2,1-7H3/t21-/m1/s1. The van der Waals surface area contributed by atoms with Crippen molar-refractivity contribution in [3.05, 3.63) is 51.2 Å². The van der Waals surface area contributed by atoms with Gasteiger partial charge >= 0.3 is 0 Å². The van der Waals surface area contributed by atoms with Crippen LogP contribution in [0.25, 0.3) is 0 Å². The van der Waals surface area contributed by atoms with E-state index in [1.165, 1.54) is 10.4 Å². The van der Waals surface area contributed by atoms with E-state index >= 15 is 0 Å². The summed E-state index contributed by atoms with van der Waals surface area (Å²) in [5.41, 5.74) is 3.02. The summed E-state index contributed by atoms with van der Waals surface area (Å²) in [5.74, 6) is 0.661. The molecule has 2 amide bonds. The SMILES string of the molecule is Cc1ccc(OC[C@@H]2c3ccsc3CCN2C(=O)CN(C(=O)C(C)C)C(C)(C)C)c(C)c1. The van der Waals surface area contributed by atoms with Gasteiger partial charge in [-0.05, 0) is 69.7 Å². The van der Waals surface area contributed by atoms with E-state index in [9.17, 15) is 9.59 Å². The summed E-state index contributed by atoms with van der Waals surface area (Å²) >= 11 is 1.74. The Bertz CT molecular complexity index is 974. The fourth-order valence-corrected chi connectivity index (χ4v) is 5.12. The van der Waals surface area contributed by atoms with E-state index < -0.39 is 5.54 Å². The molecule has 1 aliphatic rings. The fraction of sp³-hybridized carbons (Fsp3) is 0.538. The lowest BCUT2D eigenvalue weighted by molar-refractivity contribution is -0.148. The number of amides is 2. The number of ether oxygens (including phenoxy) is 1. The first-order valence-corrected chi connectivity index (χ1v) is 12.2. The van der Waals surface area contributed by atoms with E-state index in [-0.39, 0.29) is 30.3 Å². The van der Waals surface area contributed by atoms with Crippen LogP contribution in [-0.4, -0.2) is 46.8 Å². The van der Waals surface area contributed by atoms with Gasteiger partial charge in [0.1, 0.15) is 18.9 Å². The van der Waals surface area contributed by atoms with Gasteiger partial charge < -0.3 is 14.5 Å². The highest BCUT2D eigenvalue weighted by molar-refractivity contribution is 7.10. The van der Waals surface area contributed by atoms with E-state index in [1.54, 1.807) is 16.2 Å². The maximum Gasteiger partial charge on any atom is 0.242 e. The number of hydrogen-bond acceptors (Lipinski definition) is 4. The highest BCUT2D eigenvalue weighted by Gasteiger charge is 2.36. The largest absolute Gasteiger partial charge is 0.491 e. The van der Waals surface area contributed by atoms with Gasteiger partial charge in [0.25, 0.3) is 0 Å². The van der Waals surface area contributed by atoms with Crippen molar-refractivity contribution in [2.45, 2.75) is 66.5 Å². The van der Waals surface area contributed by atoms with Crippen molar-refractivity contribution < 1.29 is 14.3 Å². The van der Waals surface area contributed by atoms with Crippen LogP contribution in [0.2, 0.25) is 0 Å². The van der Waals surface area contributed by atoms with Gasteiger partial charge in [0.05, 0.1) is 6.04 Å². The normalized spacial score (nSPS) is 16.1. The maximum atomic E-state index is 13.5. The third-order valence-corrected chi connectivity index (χ3v) is 7.00. The van der Waals surface area contributed by atoms with E-state index in [0.717, 1.165) is 23.3 Å². The monoisotopic (exact) mass is 456 g/mol. The van der Waals surface area contributed by atoms with Crippen LogP contribution in [0, 0.1) is 19.8 Å². The van der Waals surface area contributed by atoms with E-state index in [4.69, 9.17) is 4.74 Å². The predicted octanol–water partition coefficient (Wildman–Crippen LogP) is 5.15. The summed E-state index contributed by atoms with van der Waals surface area (Å²) in [6.07, 6.45) is 0.840. The average molecular weight is 457 g/mol. The molecule has 0 saturated carbocycles. The number of rotatable bonds is 6. The Morgan fingerprint density at radius 3 is 2.56 bits per heavy atom. The molecule has 2 aromatic rings. The number of aryl methyl sites for hydroxylation is 2.